The standard InChI is InChI=1S/C16H24N2O3/c1-3-18(11-12-6-8-17-9-7-12)16(20)14-5-4-13(21-2)10-15(14)19/h4-5,10,12,17,19H,3,6-9,11H2,1-2H3. The molecule has 1 saturated heterocycles. The molecule has 0 unspecified atom stereocenters. The maximum Gasteiger partial charge on any atom is 0.257 e. The molecule has 21 heavy (non-hydrogen) atoms. The van der Waals surface area contributed by atoms with E-state index >= 15 is 0 Å². The lowest BCUT2D eigenvalue weighted by atomic mass is 9.97. The molecule has 116 valence electrons. The van der Waals surface area contributed by atoms with Crippen LogP contribution >= 0.6 is 0 Å². The van der Waals surface area contributed by atoms with Crippen molar-refractivity contribution in [3.8, 4) is 11.5 Å². The van der Waals surface area contributed by atoms with Gasteiger partial charge in [0.25, 0.3) is 5.91 Å². The van der Waals surface area contributed by atoms with E-state index in [9.17, 15) is 9.90 Å². The van der Waals surface area contributed by atoms with Crippen LogP contribution in [0.25, 0.3) is 0 Å². The molecule has 0 aromatic heterocycles. The van der Waals surface area contributed by atoms with Gasteiger partial charge in [0.1, 0.15) is 11.5 Å². The van der Waals surface area contributed by atoms with E-state index in [4.69, 9.17) is 4.74 Å². The summed E-state index contributed by atoms with van der Waals surface area (Å²) < 4.78 is 5.05. The number of ether oxygens (including phenoxy) is 1. The zero-order chi connectivity index (χ0) is 15.2. The minimum atomic E-state index is -0.115. The van der Waals surface area contributed by atoms with Gasteiger partial charge in [0.05, 0.1) is 12.7 Å². The largest absolute Gasteiger partial charge is 0.507 e. The topological polar surface area (TPSA) is 61.8 Å². The number of piperidine rings is 1. The summed E-state index contributed by atoms with van der Waals surface area (Å²) in [4.78, 5) is 14.4. The van der Waals surface area contributed by atoms with Crippen LogP contribution in [0.2, 0.25) is 0 Å². The van der Waals surface area contributed by atoms with E-state index in [0.29, 0.717) is 23.8 Å². The minimum Gasteiger partial charge on any atom is -0.507 e. The summed E-state index contributed by atoms with van der Waals surface area (Å²) in [6.45, 7) is 5.41. The molecule has 1 aromatic carbocycles. The van der Waals surface area contributed by atoms with Crippen molar-refractivity contribution >= 4 is 5.91 Å². The Morgan fingerprint density at radius 1 is 1.43 bits per heavy atom. The molecule has 5 heteroatoms. The molecule has 2 N–H and O–H groups in total. The molecule has 1 amide bonds. The quantitative estimate of drug-likeness (QED) is 0.869. The van der Waals surface area contributed by atoms with Gasteiger partial charge in [-0.15, -0.1) is 0 Å². The van der Waals surface area contributed by atoms with Crippen molar-refractivity contribution in [2.45, 2.75) is 19.8 Å². The number of methoxy groups -OCH3 is 1. The Morgan fingerprint density at radius 2 is 2.14 bits per heavy atom. The van der Waals surface area contributed by atoms with Crippen LogP contribution in [-0.2, 0) is 0 Å². The van der Waals surface area contributed by atoms with Gasteiger partial charge in [-0.2, -0.15) is 0 Å². The summed E-state index contributed by atoms with van der Waals surface area (Å²) in [5.74, 6) is 0.945. The SMILES string of the molecule is CCN(CC1CCNCC1)C(=O)c1ccc(OC)cc1O. The van der Waals surface area contributed by atoms with Crippen LogP contribution in [0.4, 0.5) is 0 Å². The van der Waals surface area contributed by atoms with E-state index in [1.807, 2.05) is 11.8 Å². The van der Waals surface area contributed by atoms with Crippen molar-refractivity contribution in [1.29, 1.82) is 0 Å². The highest BCUT2D eigenvalue weighted by molar-refractivity contribution is 5.97. The van der Waals surface area contributed by atoms with E-state index < -0.39 is 0 Å². The minimum absolute atomic E-state index is 0.0249. The number of phenolic OH excluding ortho intramolecular Hbond substituents is 1. The number of hydrogen-bond donors (Lipinski definition) is 2. The zero-order valence-electron chi connectivity index (χ0n) is 12.8. The van der Waals surface area contributed by atoms with Crippen LogP contribution in [0, 0.1) is 5.92 Å². The number of hydrogen-bond acceptors (Lipinski definition) is 4. The van der Waals surface area contributed by atoms with Gasteiger partial charge in [-0.3, -0.25) is 4.79 Å². The second-order valence-electron chi connectivity index (χ2n) is 5.42. The lowest BCUT2D eigenvalue weighted by molar-refractivity contribution is 0.0723. The predicted octanol–water partition coefficient (Wildman–Crippen LogP) is 1.86. The lowest BCUT2D eigenvalue weighted by Gasteiger charge is -2.29. The first-order valence-corrected chi connectivity index (χ1v) is 7.52. The third kappa shape index (κ3) is 3.88. The van der Waals surface area contributed by atoms with Gasteiger partial charge in [0, 0.05) is 19.2 Å². The van der Waals surface area contributed by atoms with E-state index in [0.717, 1.165) is 32.5 Å². The number of nitrogens with zero attached hydrogens (tertiary/aromatic N) is 1. The first-order valence-electron chi connectivity index (χ1n) is 7.52. The highest BCUT2D eigenvalue weighted by Gasteiger charge is 2.22. The molecule has 0 saturated carbocycles. The molecule has 0 spiro atoms. The lowest BCUT2D eigenvalue weighted by Crippen LogP contribution is -2.39. The van der Waals surface area contributed by atoms with E-state index in [1.165, 1.54) is 13.2 Å². The van der Waals surface area contributed by atoms with Crippen molar-refractivity contribution < 1.29 is 14.6 Å². The Bertz CT molecular complexity index is 484. The van der Waals surface area contributed by atoms with Crippen molar-refractivity contribution in [3.05, 3.63) is 23.8 Å². The van der Waals surface area contributed by atoms with Gasteiger partial charge < -0.3 is 20.1 Å². The predicted molar refractivity (Wildman–Crippen MR) is 81.8 cm³/mol. The second kappa shape index (κ2) is 7.31. The molecule has 1 aromatic rings. The summed E-state index contributed by atoms with van der Waals surface area (Å²) in [7, 11) is 1.53. The zero-order valence-corrected chi connectivity index (χ0v) is 12.8. The molecule has 5 nitrogen and oxygen atoms in total. The third-order valence-corrected chi connectivity index (χ3v) is 4.04. The summed E-state index contributed by atoms with van der Waals surface area (Å²) in [6.07, 6.45) is 2.19. The van der Waals surface area contributed by atoms with Gasteiger partial charge >= 0.3 is 0 Å². The average Bonchev–Trinajstić information content (AvgIpc) is 2.52. The number of phenols is 1. The van der Waals surface area contributed by atoms with Crippen LogP contribution in [0.3, 0.4) is 0 Å². The Morgan fingerprint density at radius 3 is 2.71 bits per heavy atom. The van der Waals surface area contributed by atoms with Crippen LogP contribution < -0.4 is 10.1 Å². The molecular weight excluding hydrogens is 268 g/mol. The maximum atomic E-state index is 12.6. The Balaban J connectivity index is 2.08. The summed E-state index contributed by atoms with van der Waals surface area (Å²) in [6, 6.07) is 4.80. The van der Waals surface area contributed by atoms with E-state index in [1.54, 1.807) is 12.1 Å². The molecule has 1 heterocycles. The van der Waals surface area contributed by atoms with Crippen molar-refractivity contribution in [2.24, 2.45) is 5.92 Å². The third-order valence-electron chi connectivity index (χ3n) is 4.04. The number of amides is 1. The average molecular weight is 292 g/mol. The molecular formula is C16H24N2O3. The second-order valence-corrected chi connectivity index (χ2v) is 5.42. The van der Waals surface area contributed by atoms with Gasteiger partial charge in [-0.1, -0.05) is 0 Å². The molecule has 2 rings (SSSR count). The number of carbonyl (C=O) groups is 1. The van der Waals surface area contributed by atoms with Gasteiger partial charge in [0.2, 0.25) is 0 Å². The highest BCUT2D eigenvalue weighted by Crippen LogP contribution is 2.25. The van der Waals surface area contributed by atoms with Crippen LogP contribution in [0.15, 0.2) is 18.2 Å². The molecule has 0 radical (unpaired) electrons. The molecule has 0 bridgehead atoms. The fraction of sp³-hybridized carbons (Fsp3) is 0.562. The number of benzene rings is 1. The van der Waals surface area contributed by atoms with Crippen molar-refractivity contribution in [3.63, 3.8) is 0 Å². The van der Waals surface area contributed by atoms with Crippen LogP contribution in [0.5, 0.6) is 11.5 Å². The van der Waals surface area contributed by atoms with Gasteiger partial charge in [0.15, 0.2) is 0 Å². The van der Waals surface area contributed by atoms with Crippen molar-refractivity contribution in [2.75, 3.05) is 33.3 Å². The first kappa shape index (κ1) is 15.6. The molecule has 0 atom stereocenters. The maximum absolute atomic E-state index is 12.6. The monoisotopic (exact) mass is 292 g/mol. The fourth-order valence-corrected chi connectivity index (χ4v) is 2.72. The van der Waals surface area contributed by atoms with E-state index in [-0.39, 0.29) is 11.7 Å². The normalized spacial score (nSPS) is 15.7. The number of aromatic hydroxyl groups is 1. The van der Waals surface area contributed by atoms with E-state index in [2.05, 4.69) is 5.32 Å². The fourth-order valence-electron chi connectivity index (χ4n) is 2.72. The molecule has 1 aliphatic rings. The number of nitrogens with one attached hydrogen (secondary N) is 1. The Kier molecular flexibility index (Phi) is 5.44. The molecule has 1 aliphatic heterocycles. The highest BCUT2D eigenvalue weighted by atomic mass is 16.5. The summed E-state index contributed by atoms with van der Waals surface area (Å²) >= 11 is 0. The molecule has 1 fully saturated rings. The summed E-state index contributed by atoms with van der Waals surface area (Å²) in [5, 5.41) is 13.3. The number of carbonyl (C=O) groups excluding carboxylic acids is 1. The van der Waals surface area contributed by atoms with Crippen molar-refractivity contribution in [1.82, 2.24) is 10.2 Å². The van der Waals surface area contributed by atoms with Gasteiger partial charge in [-0.25, -0.2) is 0 Å². The Labute approximate surface area is 125 Å². The smallest absolute Gasteiger partial charge is 0.257 e. The van der Waals surface area contributed by atoms with Gasteiger partial charge in [-0.05, 0) is 50.9 Å². The molecule has 0 aliphatic carbocycles. The number of rotatable bonds is 5. The first-order chi connectivity index (χ1) is 10.2. The van der Waals surface area contributed by atoms with Crippen LogP contribution in [0.1, 0.15) is 30.1 Å². The summed E-state index contributed by atoms with van der Waals surface area (Å²) in [5.41, 5.74) is 0.339. The van der Waals surface area contributed by atoms with Crippen LogP contribution in [-0.4, -0.2) is 49.2 Å². The Hall–Kier alpha value is -1.75.